The van der Waals surface area contributed by atoms with Gasteiger partial charge in [0, 0.05) is 59.4 Å². The third-order valence-corrected chi connectivity index (χ3v) is 7.09. The highest BCUT2D eigenvalue weighted by molar-refractivity contribution is 6.37. The Morgan fingerprint density at radius 3 is 2.44 bits per heavy atom. The first-order valence-corrected chi connectivity index (χ1v) is 11.8. The van der Waals surface area contributed by atoms with Gasteiger partial charge in [0.2, 0.25) is 0 Å². The van der Waals surface area contributed by atoms with E-state index in [4.69, 9.17) is 11.6 Å². The van der Waals surface area contributed by atoms with Gasteiger partial charge in [-0.3, -0.25) is 9.59 Å². The van der Waals surface area contributed by atoms with E-state index >= 15 is 0 Å². The van der Waals surface area contributed by atoms with Crippen molar-refractivity contribution < 1.29 is 9.59 Å². The fraction of sp³-hybridized carbons (Fsp3) is 0.259. The second kappa shape index (κ2) is 8.78. The molecule has 0 bridgehead atoms. The Hall–Kier alpha value is -3.35. The average Bonchev–Trinajstić information content (AvgIpc) is 3.29. The number of hydrogen-bond donors (Lipinski definition) is 2. The largest absolute Gasteiger partial charge is 0.358 e. The lowest BCUT2D eigenvalue weighted by molar-refractivity contribution is -0.110. The van der Waals surface area contributed by atoms with Gasteiger partial charge in [-0.05, 0) is 50.2 Å². The van der Waals surface area contributed by atoms with Crippen LogP contribution in [0.1, 0.15) is 32.9 Å². The Morgan fingerprint density at radius 2 is 1.71 bits per heavy atom. The molecule has 2 N–H and O–H groups in total. The van der Waals surface area contributed by atoms with Crippen LogP contribution < -0.4 is 5.32 Å². The summed E-state index contributed by atoms with van der Waals surface area (Å²) in [4.78, 5) is 33.8. The maximum Gasteiger partial charge on any atom is 0.256 e. The highest BCUT2D eigenvalue weighted by Crippen LogP contribution is 2.42. The maximum absolute atomic E-state index is 13.3. The Balaban J connectivity index is 1.57. The number of halogens is 1. The van der Waals surface area contributed by atoms with Crippen LogP contribution in [0.5, 0.6) is 0 Å². The van der Waals surface area contributed by atoms with Crippen LogP contribution in [-0.4, -0.2) is 59.8 Å². The first kappa shape index (κ1) is 22.4. The molecule has 0 radical (unpaired) electrons. The molecule has 1 aromatic heterocycles. The fourth-order valence-electron chi connectivity index (χ4n) is 4.84. The molecule has 3 heterocycles. The predicted molar refractivity (Wildman–Crippen MR) is 137 cm³/mol. The molecule has 0 aliphatic carbocycles. The van der Waals surface area contributed by atoms with Crippen molar-refractivity contribution in [2.75, 3.05) is 38.5 Å². The summed E-state index contributed by atoms with van der Waals surface area (Å²) < 4.78 is 0. The van der Waals surface area contributed by atoms with Gasteiger partial charge >= 0.3 is 0 Å². The van der Waals surface area contributed by atoms with E-state index in [1.54, 1.807) is 0 Å². The van der Waals surface area contributed by atoms with Crippen molar-refractivity contribution in [1.82, 2.24) is 14.8 Å². The average molecular weight is 475 g/mol. The smallest absolute Gasteiger partial charge is 0.256 e. The van der Waals surface area contributed by atoms with Crippen LogP contribution in [0.25, 0.3) is 22.8 Å². The number of nitrogens with one attached hydrogen (secondary N) is 2. The van der Waals surface area contributed by atoms with Crippen LogP contribution >= 0.6 is 11.6 Å². The molecular weight excluding hydrogens is 448 g/mol. The SMILES string of the molecule is Cc1[nH]c(C=C2C(=O)Nc3cccc(-c4ccccc4Cl)c32)c(C)c1C(=O)N1CCN(C)CC1. The first-order chi connectivity index (χ1) is 16.3. The van der Waals surface area contributed by atoms with E-state index < -0.39 is 0 Å². The molecule has 6 nitrogen and oxygen atoms in total. The zero-order valence-corrected chi connectivity index (χ0v) is 20.3. The topological polar surface area (TPSA) is 68.4 Å². The van der Waals surface area contributed by atoms with E-state index in [1.165, 1.54) is 0 Å². The molecule has 2 aliphatic rings. The van der Waals surface area contributed by atoms with E-state index in [0.29, 0.717) is 29.2 Å². The molecule has 5 rings (SSSR count). The van der Waals surface area contributed by atoms with Crippen LogP contribution in [-0.2, 0) is 4.79 Å². The lowest BCUT2D eigenvalue weighted by Gasteiger charge is -2.32. The monoisotopic (exact) mass is 474 g/mol. The number of rotatable bonds is 3. The summed E-state index contributed by atoms with van der Waals surface area (Å²) in [5.74, 6) is -0.134. The summed E-state index contributed by atoms with van der Waals surface area (Å²) in [5.41, 5.74) is 7.00. The van der Waals surface area contributed by atoms with Crippen molar-refractivity contribution in [2.24, 2.45) is 0 Å². The summed E-state index contributed by atoms with van der Waals surface area (Å²) in [6.45, 7) is 7.02. The van der Waals surface area contributed by atoms with Crippen molar-refractivity contribution in [3.05, 3.63) is 75.6 Å². The number of benzene rings is 2. The van der Waals surface area contributed by atoms with Gasteiger partial charge in [0.05, 0.1) is 11.1 Å². The number of carbonyl (C=O) groups excluding carboxylic acids is 2. The van der Waals surface area contributed by atoms with E-state index in [0.717, 1.165) is 52.4 Å². The third kappa shape index (κ3) is 3.83. The molecule has 174 valence electrons. The Labute approximate surface area is 204 Å². The van der Waals surface area contributed by atoms with Gasteiger partial charge in [0.25, 0.3) is 11.8 Å². The molecule has 1 saturated heterocycles. The van der Waals surface area contributed by atoms with Gasteiger partial charge in [-0.1, -0.05) is 41.9 Å². The lowest BCUT2D eigenvalue weighted by Crippen LogP contribution is -2.47. The van der Waals surface area contributed by atoms with Gasteiger partial charge in [-0.2, -0.15) is 0 Å². The second-order valence-corrected chi connectivity index (χ2v) is 9.39. The molecule has 7 heteroatoms. The van der Waals surface area contributed by atoms with E-state index in [2.05, 4.69) is 22.2 Å². The van der Waals surface area contributed by atoms with E-state index in [9.17, 15) is 9.59 Å². The fourth-order valence-corrected chi connectivity index (χ4v) is 5.08. The number of aryl methyl sites for hydroxylation is 1. The number of aromatic nitrogens is 1. The minimum atomic E-state index is -0.173. The van der Waals surface area contributed by atoms with E-state index in [-0.39, 0.29) is 11.8 Å². The molecular formula is C27H27ClN4O2. The molecule has 0 unspecified atom stereocenters. The number of nitrogens with zero attached hydrogens (tertiary/aromatic N) is 2. The zero-order chi connectivity index (χ0) is 24.0. The molecule has 0 saturated carbocycles. The number of aromatic amines is 1. The number of H-pyrrole nitrogens is 1. The van der Waals surface area contributed by atoms with Crippen molar-refractivity contribution in [2.45, 2.75) is 13.8 Å². The van der Waals surface area contributed by atoms with Gasteiger partial charge in [0.15, 0.2) is 0 Å². The molecule has 2 amide bonds. The van der Waals surface area contributed by atoms with Crippen LogP contribution in [0, 0.1) is 13.8 Å². The predicted octanol–water partition coefficient (Wildman–Crippen LogP) is 4.83. The van der Waals surface area contributed by atoms with Crippen molar-refractivity contribution in [3.8, 4) is 11.1 Å². The van der Waals surface area contributed by atoms with Gasteiger partial charge < -0.3 is 20.1 Å². The Kier molecular flexibility index (Phi) is 5.80. The number of hydrogen-bond acceptors (Lipinski definition) is 3. The van der Waals surface area contributed by atoms with Crippen LogP contribution in [0.3, 0.4) is 0 Å². The second-order valence-electron chi connectivity index (χ2n) is 8.98. The van der Waals surface area contributed by atoms with E-state index in [1.807, 2.05) is 67.3 Å². The Bertz CT molecular complexity index is 1330. The number of carbonyl (C=O) groups is 2. The summed E-state index contributed by atoms with van der Waals surface area (Å²) >= 11 is 6.50. The van der Waals surface area contributed by atoms with Gasteiger partial charge in [-0.15, -0.1) is 0 Å². The molecule has 34 heavy (non-hydrogen) atoms. The highest BCUT2D eigenvalue weighted by Gasteiger charge is 2.30. The van der Waals surface area contributed by atoms with Crippen molar-refractivity contribution in [3.63, 3.8) is 0 Å². The summed E-state index contributed by atoms with van der Waals surface area (Å²) in [6, 6.07) is 13.4. The van der Waals surface area contributed by atoms with Crippen molar-refractivity contribution >= 4 is 40.8 Å². The Morgan fingerprint density at radius 1 is 1.00 bits per heavy atom. The molecule has 0 atom stereocenters. The summed E-state index contributed by atoms with van der Waals surface area (Å²) in [7, 11) is 2.07. The standard InChI is InChI=1S/C27H27ClN4O2/c1-16-23(29-17(2)24(16)27(34)32-13-11-31(3)12-14-32)15-20-25-19(18-7-4-5-9-21(18)28)8-6-10-22(25)30-26(20)33/h4-10,15,29H,11-14H2,1-3H3,(H,30,33). The molecule has 3 aromatic rings. The molecule has 1 fully saturated rings. The highest BCUT2D eigenvalue weighted by atomic mass is 35.5. The summed E-state index contributed by atoms with van der Waals surface area (Å²) in [6.07, 6.45) is 1.85. The maximum atomic E-state index is 13.3. The van der Waals surface area contributed by atoms with Crippen LogP contribution in [0.4, 0.5) is 5.69 Å². The van der Waals surface area contributed by atoms with Crippen LogP contribution in [0.2, 0.25) is 5.02 Å². The molecule has 2 aromatic carbocycles. The number of fused-ring (bicyclic) bond motifs is 1. The molecule has 0 spiro atoms. The number of anilines is 1. The minimum Gasteiger partial charge on any atom is -0.358 e. The number of likely N-dealkylation sites (N-methyl/N-ethyl adjacent to an activating group) is 1. The molecule has 2 aliphatic heterocycles. The van der Waals surface area contributed by atoms with Crippen molar-refractivity contribution in [1.29, 1.82) is 0 Å². The normalized spacial score (nSPS) is 17.2. The quantitative estimate of drug-likeness (QED) is 0.534. The minimum absolute atomic E-state index is 0.0389. The zero-order valence-electron chi connectivity index (χ0n) is 19.5. The van der Waals surface area contributed by atoms with Gasteiger partial charge in [-0.25, -0.2) is 0 Å². The van der Waals surface area contributed by atoms with Crippen LogP contribution in [0.15, 0.2) is 42.5 Å². The third-order valence-electron chi connectivity index (χ3n) is 6.76. The first-order valence-electron chi connectivity index (χ1n) is 11.4. The lowest BCUT2D eigenvalue weighted by atomic mass is 9.94. The van der Waals surface area contributed by atoms with Gasteiger partial charge in [0.1, 0.15) is 0 Å². The number of amides is 2. The summed E-state index contributed by atoms with van der Waals surface area (Å²) in [5, 5.41) is 3.60. The number of piperazine rings is 1.